The van der Waals surface area contributed by atoms with Gasteiger partial charge < -0.3 is 9.47 Å². The number of rotatable bonds is 6. The molecule has 5 nitrogen and oxygen atoms in total. The van der Waals surface area contributed by atoms with Gasteiger partial charge in [-0.2, -0.15) is 0 Å². The molecule has 0 aliphatic heterocycles. The Bertz CT molecular complexity index is 1350. The summed E-state index contributed by atoms with van der Waals surface area (Å²) >= 11 is 1.37. The number of ether oxygens (including phenoxy) is 2. The molecule has 0 bridgehead atoms. The summed E-state index contributed by atoms with van der Waals surface area (Å²) in [6.45, 7) is 3.73. The Hall–Kier alpha value is -3.85. The van der Waals surface area contributed by atoms with Crippen molar-refractivity contribution in [3.63, 3.8) is 0 Å². The number of carbonyl (C=O) groups is 1. The molecule has 0 unspecified atom stereocenters. The highest BCUT2D eigenvalue weighted by Gasteiger charge is 2.31. The highest BCUT2D eigenvalue weighted by atomic mass is 32.1. The number of aromatic nitrogens is 1. The van der Waals surface area contributed by atoms with Gasteiger partial charge in [0, 0.05) is 16.0 Å². The van der Waals surface area contributed by atoms with Gasteiger partial charge >= 0.3 is 6.36 Å². The molecule has 1 N–H and O–H groups in total. The molecule has 35 heavy (non-hydrogen) atoms. The van der Waals surface area contributed by atoms with Gasteiger partial charge in [-0.25, -0.2) is 4.98 Å². The zero-order chi connectivity index (χ0) is 25.2. The first-order valence-electron chi connectivity index (χ1n) is 10.5. The second kappa shape index (κ2) is 9.79. The lowest BCUT2D eigenvalue weighted by atomic mass is 9.96. The largest absolute Gasteiger partial charge is 0.573 e. The van der Waals surface area contributed by atoms with Crippen molar-refractivity contribution in [1.29, 1.82) is 0 Å². The molecule has 4 aromatic rings. The van der Waals surface area contributed by atoms with Crippen LogP contribution in [0.4, 0.5) is 18.3 Å². The molecule has 0 atom stereocenters. The number of methoxy groups -OCH3 is 1. The Morgan fingerprint density at radius 2 is 1.54 bits per heavy atom. The molecule has 0 spiro atoms. The zero-order valence-corrected chi connectivity index (χ0v) is 19.9. The monoisotopic (exact) mass is 498 g/mol. The lowest BCUT2D eigenvalue weighted by Gasteiger charge is -2.12. The highest BCUT2D eigenvalue weighted by Crippen LogP contribution is 2.33. The summed E-state index contributed by atoms with van der Waals surface area (Å²) in [5, 5.41) is 3.33. The molecule has 9 heteroatoms. The Balaban J connectivity index is 1.54. The van der Waals surface area contributed by atoms with E-state index in [4.69, 9.17) is 4.74 Å². The van der Waals surface area contributed by atoms with Crippen molar-refractivity contribution in [3.05, 3.63) is 82.7 Å². The standard InChI is InChI=1S/C26H21F3N2O3S/c1-15-21(17-7-13-20(14-8-17)34-26(27,28)29)5-4-6-22(15)24(32)31-25-30-23(16(2)35-25)18-9-11-19(33-3)12-10-18/h4-14H,1-3H3,(H,30,31,32). The van der Waals surface area contributed by atoms with Crippen molar-refractivity contribution in [2.75, 3.05) is 12.4 Å². The number of benzene rings is 3. The molecule has 0 aliphatic carbocycles. The molecule has 1 heterocycles. The van der Waals surface area contributed by atoms with Crippen LogP contribution in [0.25, 0.3) is 22.4 Å². The van der Waals surface area contributed by atoms with Crippen molar-refractivity contribution >= 4 is 22.4 Å². The zero-order valence-electron chi connectivity index (χ0n) is 19.1. The second-order valence-corrected chi connectivity index (χ2v) is 8.86. The summed E-state index contributed by atoms with van der Waals surface area (Å²) in [7, 11) is 1.60. The fourth-order valence-electron chi connectivity index (χ4n) is 3.66. The number of amides is 1. The number of carbonyl (C=O) groups excluding carboxylic acids is 1. The molecule has 3 aromatic carbocycles. The minimum absolute atomic E-state index is 0.306. The number of alkyl halides is 3. The molecule has 4 rings (SSSR count). The lowest BCUT2D eigenvalue weighted by Crippen LogP contribution is -2.17. The smallest absolute Gasteiger partial charge is 0.497 e. The van der Waals surface area contributed by atoms with E-state index in [1.807, 2.05) is 31.2 Å². The first-order valence-corrected chi connectivity index (χ1v) is 11.4. The number of nitrogens with one attached hydrogen (secondary N) is 1. The summed E-state index contributed by atoms with van der Waals surface area (Å²) in [5.41, 5.74) is 4.22. The average molecular weight is 499 g/mol. The average Bonchev–Trinajstić information content (AvgIpc) is 3.18. The number of anilines is 1. The van der Waals surface area contributed by atoms with E-state index < -0.39 is 6.36 Å². The van der Waals surface area contributed by atoms with Gasteiger partial charge in [-0.1, -0.05) is 24.3 Å². The van der Waals surface area contributed by atoms with Gasteiger partial charge in [0.1, 0.15) is 11.5 Å². The van der Waals surface area contributed by atoms with Gasteiger partial charge in [0.25, 0.3) is 5.91 Å². The Labute approximate surface area is 204 Å². The van der Waals surface area contributed by atoms with Crippen molar-refractivity contribution < 1.29 is 27.4 Å². The van der Waals surface area contributed by atoms with E-state index in [2.05, 4.69) is 15.0 Å². The molecule has 0 saturated carbocycles. The Kier molecular flexibility index (Phi) is 6.79. The van der Waals surface area contributed by atoms with Crippen molar-refractivity contribution in [2.24, 2.45) is 0 Å². The number of hydrogen-bond acceptors (Lipinski definition) is 5. The number of nitrogens with zero attached hydrogens (tertiary/aromatic N) is 1. The fourth-order valence-corrected chi connectivity index (χ4v) is 4.49. The van der Waals surface area contributed by atoms with E-state index >= 15 is 0 Å². The third-order valence-electron chi connectivity index (χ3n) is 5.36. The highest BCUT2D eigenvalue weighted by molar-refractivity contribution is 7.16. The fraction of sp³-hybridized carbons (Fsp3) is 0.154. The summed E-state index contributed by atoms with van der Waals surface area (Å²) in [6, 6.07) is 18.3. The van der Waals surface area contributed by atoms with Crippen molar-refractivity contribution in [3.8, 4) is 33.9 Å². The number of halogens is 3. The number of aryl methyl sites for hydroxylation is 1. The summed E-state index contributed by atoms with van der Waals surface area (Å²) in [4.78, 5) is 18.6. The van der Waals surface area contributed by atoms with Crippen LogP contribution in [-0.2, 0) is 0 Å². The van der Waals surface area contributed by atoms with Crippen LogP contribution in [0.15, 0.2) is 66.7 Å². The molecule has 180 valence electrons. The van der Waals surface area contributed by atoms with Crippen LogP contribution >= 0.6 is 11.3 Å². The first kappa shape index (κ1) is 24.3. The van der Waals surface area contributed by atoms with Crippen LogP contribution in [0.3, 0.4) is 0 Å². The number of hydrogen-bond donors (Lipinski definition) is 1. The quantitative estimate of drug-likeness (QED) is 0.304. The van der Waals surface area contributed by atoms with E-state index in [0.717, 1.165) is 27.4 Å². The van der Waals surface area contributed by atoms with Gasteiger partial charge in [-0.15, -0.1) is 24.5 Å². The molecule has 0 saturated heterocycles. The van der Waals surface area contributed by atoms with Crippen molar-refractivity contribution in [1.82, 2.24) is 4.98 Å². The van der Waals surface area contributed by atoms with Gasteiger partial charge in [0.15, 0.2) is 5.13 Å². The third-order valence-corrected chi connectivity index (χ3v) is 6.24. The maximum atomic E-state index is 13.1. The summed E-state index contributed by atoms with van der Waals surface area (Å²) in [5.74, 6) is 0.115. The third kappa shape index (κ3) is 5.63. The van der Waals surface area contributed by atoms with Crippen LogP contribution < -0.4 is 14.8 Å². The van der Waals surface area contributed by atoms with E-state index in [9.17, 15) is 18.0 Å². The molecule has 0 radical (unpaired) electrons. The predicted molar refractivity (Wildman–Crippen MR) is 130 cm³/mol. The van der Waals surface area contributed by atoms with Gasteiger partial charge in [-0.3, -0.25) is 10.1 Å². The van der Waals surface area contributed by atoms with Crippen molar-refractivity contribution in [2.45, 2.75) is 20.2 Å². The second-order valence-electron chi connectivity index (χ2n) is 7.66. The van der Waals surface area contributed by atoms with E-state index in [-0.39, 0.29) is 11.7 Å². The summed E-state index contributed by atoms with van der Waals surface area (Å²) < 4.78 is 46.4. The molecule has 1 amide bonds. The lowest BCUT2D eigenvalue weighted by molar-refractivity contribution is -0.274. The van der Waals surface area contributed by atoms with E-state index in [1.165, 1.54) is 35.6 Å². The summed E-state index contributed by atoms with van der Waals surface area (Å²) in [6.07, 6.45) is -4.75. The van der Waals surface area contributed by atoms with Crippen LogP contribution in [0, 0.1) is 13.8 Å². The van der Waals surface area contributed by atoms with Crippen LogP contribution in [0.1, 0.15) is 20.8 Å². The molecular weight excluding hydrogens is 477 g/mol. The molecular formula is C26H21F3N2O3S. The van der Waals surface area contributed by atoms with Gasteiger partial charge in [-0.05, 0) is 73.0 Å². The van der Waals surface area contributed by atoms with E-state index in [0.29, 0.717) is 21.8 Å². The molecule has 0 fully saturated rings. The Morgan fingerprint density at radius 3 is 2.17 bits per heavy atom. The maximum absolute atomic E-state index is 13.1. The topological polar surface area (TPSA) is 60.5 Å². The van der Waals surface area contributed by atoms with E-state index in [1.54, 1.807) is 32.2 Å². The Morgan fingerprint density at radius 1 is 0.914 bits per heavy atom. The molecule has 0 aliphatic rings. The predicted octanol–water partition coefficient (Wildman–Crippen LogP) is 7.25. The minimum Gasteiger partial charge on any atom is -0.497 e. The number of thiazole rings is 1. The maximum Gasteiger partial charge on any atom is 0.573 e. The van der Waals surface area contributed by atoms with Crippen LogP contribution in [0.2, 0.25) is 0 Å². The van der Waals surface area contributed by atoms with Crippen LogP contribution in [-0.4, -0.2) is 24.4 Å². The normalized spacial score (nSPS) is 11.3. The SMILES string of the molecule is COc1ccc(-c2nc(NC(=O)c3cccc(-c4ccc(OC(F)(F)F)cc4)c3C)sc2C)cc1. The van der Waals surface area contributed by atoms with Gasteiger partial charge in [0.2, 0.25) is 0 Å². The minimum atomic E-state index is -4.75. The van der Waals surface area contributed by atoms with Gasteiger partial charge in [0.05, 0.1) is 12.8 Å². The first-order chi connectivity index (χ1) is 16.6. The van der Waals surface area contributed by atoms with Crippen LogP contribution in [0.5, 0.6) is 11.5 Å². The molecule has 1 aromatic heterocycles.